The molecule has 0 heterocycles. The molecular weight excluding hydrogens is 212 g/mol. The van der Waals surface area contributed by atoms with Crippen molar-refractivity contribution in [1.29, 1.82) is 0 Å². The maximum atomic E-state index is 5.93. The van der Waals surface area contributed by atoms with E-state index in [9.17, 15) is 0 Å². The summed E-state index contributed by atoms with van der Waals surface area (Å²) in [5.74, 6) is 1.71. The SMILES string of the molecule is CCC(C)(C)Oc1cccc(OC(C)(C)C)c1. The first-order chi connectivity index (χ1) is 7.72. The minimum Gasteiger partial charge on any atom is -0.488 e. The molecule has 17 heavy (non-hydrogen) atoms. The van der Waals surface area contributed by atoms with Gasteiger partial charge in [-0.2, -0.15) is 0 Å². The molecule has 2 heteroatoms. The molecule has 0 aliphatic carbocycles. The van der Waals surface area contributed by atoms with Gasteiger partial charge in [0.1, 0.15) is 22.7 Å². The molecule has 0 aliphatic rings. The highest BCUT2D eigenvalue weighted by Gasteiger charge is 2.17. The molecule has 0 saturated heterocycles. The monoisotopic (exact) mass is 236 g/mol. The Morgan fingerprint density at radius 1 is 0.941 bits per heavy atom. The van der Waals surface area contributed by atoms with Crippen molar-refractivity contribution in [2.24, 2.45) is 0 Å². The standard InChI is InChI=1S/C15H24O2/c1-7-15(5,6)17-13-10-8-9-12(11-13)16-14(2,3)4/h8-11H,7H2,1-6H3. The maximum absolute atomic E-state index is 5.93. The summed E-state index contributed by atoms with van der Waals surface area (Å²) in [7, 11) is 0. The third kappa shape index (κ3) is 5.12. The number of hydrogen-bond acceptors (Lipinski definition) is 2. The summed E-state index contributed by atoms with van der Waals surface area (Å²) in [5.41, 5.74) is -0.320. The van der Waals surface area contributed by atoms with Gasteiger partial charge in [0.05, 0.1) is 0 Å². The Balaban J connectivity index is 2.80. The number of hydrogen-bond donors (Lipinski definition) is 0. The molecule has 0 spiro atoms. The summed E-state index contributed by atoms with van der Waals surface area (Å²) in [4.78, 5) is 0. The van der Waals surface area contributed by atoms with Gasteiger partial charge in [0.15, 0.2) is 0 Å². The smallest absolute Gasteiger partial charge is 0.123 e. The predicted molar refractivity (Wildman–Crippen MR) is 71.8 cm³/mol. The summed E-state index contributed by atoms with van der Waals surface area (Å²) in [6.07, 6.45) is 0.970. The number of benzene rings is 1. The van der Waals surface area contributed by atoms with Gasteiger partial charge >= 0.3 is 0 Å². The van der Waals surface area contributed by atoms with Crippen molar-refractivity contribution in [2.75, 3.05) is 0 Å². The summed E-state index contributed by atoms with van der Waals surface area (Å²) >= 11 is 0. The Hall–Kier alpha value is -1.18. The highest BCUT2D eigenvalue weighted by atomic mass is 16.5. The van der Waals surface area contributed by atoms with E-state index >= 15 is 0 Å². The lowest BCUT2D eigenvalue weighted by molar-refractivity contribution is 0.102. The van der Waals surface area contributed by atoms with Crippen LogP contribution in [0.25, 0.3) is 0 Å². The average molecular weight is 236 g/mol. The van der Waals surface area contributed by atoms with Gasteiger partial charge in [-0.3, -0.25) is 0 Å². The van der Waals surface area contributed by atoms with Crippen molar-refractivity contribution < 1.29 is 9.47 Å². The van der Waals surface area contributed by atoms with Crippen LogP contribution in [0.4, 0.5) is 0 Å². The van der Waals surface area contributed by atoms with Crippen LogP contribution in [-0.2, 0) is 0 Å². The summed E-state index contributed by atoms with van der Waals surface area (Å²) in [5, 5.41) is 0. The molecule has 0 amide bonds. The second-order valence-corrected chi connectivity index (χ2v) is 5.90. The zero-order valence-electron chi connectivity index (χ0n) is 11.8. The van der Waals surface area contributed by atoms with Crippen LogP contribution in [0, 0.1) is 0 Å². The van der Waals surface area contributed by atoms with Crippen LogP contribution < -0.4 is 9.47 Å². The van der Waals surface area contributed by atoms with Crippen LogP contribution in [0.15, 0.2) is 24.3 Å². The van der Waals surface area contributed by atoms with Gasteiger partial charge in [0, 0.05) is 6.07 Å². The van der Waals surface area contributed by atoms with Crippen LogP contribution in [-0.4, -0.2) is 11.2 Å². The first-order valence-corrected chi connectivity index (χ1v) is 6.20. The van der Waals surface area contributed by atoms with Crippen molar-refractivity contribution >= 4 is 0 Å². The van der Waals surface area contributed by atoms with Gasteiger partial charge in [-0.1, -0.05) is 13.0 Å². The van der Waals surface area contributed by atoms with Crippen LogP contribution >= 0.6 is 0 Å². The van der Waals surface area contributed by atoms with Gasteiger partial charge in [-0.15, -0.1) is 0 Å². The van der Waals surface area contributed by atoms with Crippen molar-refractivity contribution in [3.05, 3.63) is 24.3 Å². The Bertz CT molecular complexity index is 361. The van der Waals surface area contributed by atoms with Gasteiger partial charge in [-0.05, 0) is 53.2 Å². The van der Waals surface area contributed by atoms with Crippen LogP contribution in [0.2, 0.25) is 0 Å². The van der Waals surface area contributed by atoms with E-state index in [0.29, 0.717) is 0 Å². The molecule has 0 radical (unpaired) electrons. The zero-order chi connectivity index (χ0) is 13.1. The van der Waals surface area contributed by atoms with Gasteiger partial charge in [0.2, 0.25) is 0 Å². The fourth-order valence-corrected chi connectivity index (χ4v) is 1.35. The lowest BCUT2D eigenvalue weighted by atomic mass is 10.1. The van der Waals surface area contributed by atoms with E-state index in [2.05, 4.69) is 20.8 Å². The van der Waals surface area contributed by atoms with E-state index in [1.807, 2.05) is 45.0 Å². The quantitative estimate of drug-likeness (QED) is 0.770. The van der Waals surface area contributed by atoms with E-state index in [1.54, 1.807) is 0 Å². The molecule has 2 nitrogen and oxygen atoms in total. The molecule has 1 aromatic carbocycles. The highest BCUT2D eigenvalue weighted by molar-refractivity contribution is 5.33. The fraction of sp³-hybridized carbons (Fsp3) is 0.600. The second-order valence-electron chi connectivity index (χ2n) is 5.90. The van der Waals surface area contributed by atoms with Crippen molar-refractivity contribution in [3.8, 4) is 11.5 Å². The summed E-state index contributed by atoms with van der Waals surface area (Å²) in [6, 6.07) is 7.83. The summed E-state index contributed by atoms with van der Waals surface area (Å²) in [6.45, 7) is 12.4. The Morgan fingerprint density at radius 3 is 1.94 bits per heavy atom. The Morgan fingerprint density at radius 2 is 1.47 bits per heavy atom. The minimum atomic E-state index is -0.182. The molecule has 0 unspecified atom stereocenters. The van der Waals surface area contributed by atoms with E-state index in [0.717, 1.165) is 17.9 Å². The molecule has 0 aliphatic heterocycles. The minimum absolute atomic E-state index is 0.139. The van der Waals surface area contributed by atoms with Gasteiger partial charge in [0.25, 0.3) is 0 Å². The summed E-state index contributed by atoms with van der Waals surface area (Å²) < 4.78 is 11.7. The van der Waals surface area contributed by atoms with E-state index in [1.165, 1.54) is 0 Å². The van der Waals surface area contributed by atoms with E-state index in [4.69, 9.17) is 9.47 Å². The predicted octanol–water partition coefficient (Wildman–Crippen LogP) is 4.43. The molecule has 0 atom stereocenters. The zero-order valence-corrected chi connectivity index (χ0v) is 11.8. The molecule has 0 N–H and O–H groups in total. The van der Waals surface area contributed by atoms with E-state index < -0.39 is 0 Å². The van der Waals surface area contributed by atoms with Crippen molar-refractivity contribution in [2.45, 2.75) is 59.2 Å². The average Bonchev–Trinajstić information content (AvgIpc) is 2.14. The molecular formula is C15H24O2. The molecule has 0 saturated carbocycles. The van der Waals surface area contributed by atoms with Crippen LogP contribution in [0.5, 0.6) is 11.5 Å². The van der Waals surface area contributed by atoms with Crippen LogP contribution in [0.3, 0.4) is 0 Å². The van der Waals surface area contributed by atoms with Crippen molar-refractivity contribution in [1.82, 2.24) is 0 Å². The Kier molecular flexibility index (Phi) is 4.07. The molecule has 1 rings (SSSR count). The fourth-order valence-electron chi connectivity index (χ4n) is 1.35. The maximum Gasteiger partial charge on any atom is 0.123 e. The third-order valence-electron chi connectivity index (χ3n) is 2.48. The van der Waals surface area contributed by atoms with Crippen LogP contribution in [0.1, 0.15) is 48.0 Å². The third-order valence-corrected chi connectivity index (χ3v) is 2.48. The number of ether oxygens (including phenoxy) is 2. The first kappa shape index (κ1) is 13.9. The molecule has 0 bridgehead atoms. The molecule has 0 fully saturated rings. The Labute approximate surface area is 105 Å². The van der Waals surface area contributed by atoms with Gasteiger partial charge in [-0.25, -0.2) is 0 Å². The topological polar surface area (TPSA) is 18.5 Å². The highest BCUT2D eigenvalue weighted by Crippen LogP contribution is 2.26. The van der Waals surface area contributed by atoms with E-state index in [-0.39, 0.29) is 11.2 Å². The molecule has 1 aromatic rings. The lowest BCUT2D eigenvalue weighted by Crippen LogP contribution is -2.27. The molecule has 96 valence electrons. The normalized spacial score (nSPS) is 12.4. The molecule has 0 aromatic heterocycles. The first-order valence-electron chi connectivity index (χ1n) is 6.20. The second kappa shape index (κ2) is 4.99. The van der Waals surface area contributed by atoms with Crippen molar-refractivity contribution in [3.63, 3.8) is 0 Å². The number of rotatable bonds is 4. The lowest BCUT2D eigenvalue weighted by Gasteiger charge is -2.26. The van der Waals surface area contributed by atoms with Gasteiger partial charge < -0.3 is 9.47 Å². The largest absolute Gasteiger partial charge is 0.488 e.